The molecule has 31 heavy (non-hydrogen) atoms. The lowest BCUT2D eigenvalue weighted by molar-refractivity contribution is 0.0908. The lowest BCUT2D eigenvalue weighted by atomic mass is 9.94. The molecule has 0 unspecified atom stereocenters. The quantitative estimate of drug-likeness (QED) is 0.549. The molecule has 2 heterocycles. The number of hydrogen-bond donors (Lipinski definition) is 1. The van der Waals surface area contributed by atoms with Crippen LogP contribution in [0.5, 0.6) is 5.75 Å². The molecule has 0 aliphatic heterocycles. The number of nitrogens with one attached hydrogen (secondary N) is 1. The Labute approximate surface area is 183 Å². The first-order valence-electron chi connectivity index (χ1n) is 10.7. The molecule has 1 N–H and O–H groups in total. The molecule has 3 rings (SSSR count). The second kappa shape index (κ2) is 9.47. The number of ether oxygens (including phenoxy) is 2. The van der Waals surface area contributed by atoms with E-state index >= 15 is 0 Å². The van der Waals surface area contributed by atoms with Crippen molar-refractivity contribution < 1.29 is 14.3 Å². The molecule has 0 radical (unpaired) electrons. The van der Waals surface area contributed by atoms with Gasteiger partial charge in [-0.25, -0.2) is 9.97 Å². The van der Waals surface area contributed by atoms with Crippen LogP contribution in [-0.2, 0) is 16.9 Å². The van der Waals surface area contributed by atoms with Gasteiger partial charge in [0.1, 0.15) is 12.1 Å². The van der Waals surface area contributed by atoms with Crippen LogP contribution in [0, 0.1) is 0 Å². The molecular weight excluding hydrogens is 392 g/mol. The average molecular weight is 425 g/mol. The number of nitrogens with zero attached hydrogens (tertiary/aromatic N) is 3. The van der Waals surface area contributed by atoms with E-state index in [2.05, 4.69) is 36.1 Å². The van der Waals surface area contributed by atoms with E-state index in [9.17, 15) is 4.79 Å². The van der Waals surface area contributed by atoms with Gasteiger partial charge in [-0.05, 0) is 49.9 Å². The number of amides is 1. The summed E-state index contributed by atoms with van der Waals surface area (Å²) in [7, 11) is 1.63. The van der Waals surface area contributed by atoms with Crippen LogP contribution in [0.2, 0.25) is 0 Å². The van der Waals surface area contributed by atoms with Gasteiger partial charge in [0.05, 0.1) is 24.4 Å². The zero-order chi connectivity index (χ0) is 22.6. The average Bonchev–Trinajstić information content (AvgIpc) is 3.16. The molecule has 0 atom stereocenters. The molecular formula is C24H32N4O3. The topological polar surface area (TPSA) is 77.8 Å². The highest BCUT2D eigenvalue weighted by Gasteiger charge is 2.27. The van der Waals surface area contributed by atoms with Crippen molar-refractivity contribution in [2.75, 3.05) is 13.7 Å². The van der Waals surface area contributed by atoms with Crippen molar-refractivity contribution in [1.82, 2.24) is 19.7 Å². The first kappa shape index (κ1) is 22.7. The Bertz CT molecular complexity index is 1060. The third kappa shape index (κ3) is 5.05. The summed E-state index contributed by atoms with van der Waals surface area (Å²) >= 11 is 0. The van der Waals surface area contributed by atoms with E-state index in [4.69, 9.17) is 9.47 Å². The minimum absolute atomic E-state index is 0.244. The van der Waals surface area contributed by atoms with Crippen molar-refractivity contribution in [2.24, 2.45) is 0 Å². The molecule has 2 aromatic heterocycles. The SMILES string of the molecule is CCCOc1cccc(C(C)(C)NC(=O)c2ncn3c(C(C)C)cc(COC)nc23)c1. The van der Waals surface area contributed by atoms with E-state index in [-0.39, 0.29) is 11.8 Å². The minimum Gasteiger partial charge on any atom is -0.494 e. The van der Waals surface area contributed by atoms with Gasteiger partial charge in [0.15, 0.2) is 11.3 Å². The molecule has 7 nitrogen and oxygen atoms in total. The van der Waals surface area contributed by atoms with E-state index in [1.54, 1.807) is 13.4 Å². The molecule has 1 aromatic carbocycles. The second-order valence-electron chi connectivity index (χ2n) is 8.50. The fourth-order valence-corrected chi connectivity index (χ4v) is 3.48. The fourth-order valence-electron chi connectivity index (χ4n) is 3.48. The molecule has 0 saturated carbocycles. The summed E-state index contributed by atoms with van der Waals surface area (Å²) in [6.07, 6.45) is 2.60. The second-order valence-corrected chi connectivity index (χ2v) is 8.50. The molecule has 0 bridgehead atoms. The van der Waals surface area contributed by atoms with Gasteiger partial charge in [-0.1, -0.05) is 32.9 Å². The van der Waals surface area contributed by atoms with Crippen LogP contribution < -0.4 is 10.1 Å². The lowest BCUT2D eigenvalue weighted by Gasteiger charge is -2.27. The summed E-state index contributed by atoms with van der Waals surface area (Å²) in [6, 6.07) is 9.81. The van der Waals surface area contributed by atoms with E-state index in [0.29, 0.717) is 24.6 Å². The largest absolute Gasteiger partial charge is 0.494 e. The van der Waals surface area contributed by atoms with Gasteiger partial charge in [-0.15, -0.1) is 0 Å². The summed E-state index contributed by atoms with van der Waals surface area (Å²) in [5, 5.41) is 3.11. The number of aromatic nitrogens is 3. The van der Waals surface area contributed by atoms with Gasteiger partial charge in [0.2, 0.25) is 0 Å². The van der Waals surface area contributed by atoms with Crippen LogP contribution in [0.1, 0.15) is 74.4 Å². The maximum Gasteiger partial charge on any atom is 0.274 e. The molecule has 7 heteroatoms. The number of methoxy groups -OCH3 is 1. The van der Waals surface area contributed by atoms with Crippen LogP contribution in [-0.4, -0.2) is 34.0 Å². The molecule has 1 amide bonds. The van der Waals surface area contributed by atoms with Crippen molar-refractivity contribution in [2.45, 2.75) is 59.1 Å². The van der Waals surface area contributed by atoms with Crippen LogP contribution in [0.25, 0.3) is 5.65 Å². The maximum absolute atomic E-state index is 13.2. The number of carbonyl (C=O) groups is 1. The molecule has 0 aliphatic carbocycles. The van der Waals surface area contributed by atoms with Gasteiger partial charge in [0, 0.05) is 12.8 Å². The van der Waals surface area contributed by atoms with Crippen molar-refractivity contribution in [3.63, 3.8) is 0 Å². The smallest absolute Gasteiger partial charge is 0.274 e. The fraction of sp³-hybridized carbons (Fsp3) is 0.458. The van der Waals surface area contributed by atoms with Gasteiger partial charge >= 0.3 is 0 Å². The molecule has 0 fully saturated rings. The number of rotatable bonds is 9. The number of imidazole rings is 1. The van der Waals surface area contributed by atoms with Gasteiger partial charge in [0.25, 0.3) is 5.91 Å². The molecule has 166 valence electrons. The zero-order valence-electron chi connectivity index (χ0n) is 19.2. The zero-order valence-corrected chi connectivity index (χ0v) is 19.2. The van der Waals surface area contributed by atoms with Crippen LogP contribution in [0.15, 0.2) is 36.7 Å². The maximum atomic E-state index is 13.2. The number of benzene rings is 1. The monoisotopic (exact) mass is 424 g/mol. The summed E-state index contributed by atoms with van der Waals surface area (Å²) in [5.41, 5.74) is 2.97. The Morgan fingerprint density at radius 3 is 2.71 bits per heavy atom. The third-order valence-electron chi connectivity index (χ3n) is 5.14. The molecule has 0 aliphatic rings. The van der Waals surface area contributed by atoms with Crippen LogP contribution in [0.3, 0.4) is 0 Å². The standard InChI is InChI=1S/C24H32N4O3/c1-7-11-31-19-10-8-9-17(12-19)24(4,5)27-23(29)21-22-26-18(14-30-6)13-20(16(2)3)28(22)15-25-21/h8-10,12-13,15-16H,7,11,14H2,1-6H3,(H,27,29). The van der Waals surface area contributed by atoms with E-state index in [1.165, 1.54) is 0 Å². The van der Waals surface area contributed by atoms with E-state index in [0.717, 1.165) is 29.1 Å². The molecule has 0 spiro atoms. The number of carbonyl (C=O) groups excluding carboxylic acids is 1. The van der Waals surface area contributed by atoms with Crippen molar-refractivity contribution >= 4 is 11.6 Å². The molecule has 0 saturated heterocycles. The van der Waals surface area contributed by atoms with Crippen molar-refractivity contribution in [3.05, 3.63) is 59.3 Å². The predicted molar refractivity (Wildman–Crippen MR) is 121 cm³/mol. The first-order valence-corrected chi connectivity index (χ1v) is 10.7. The summed E-state index contributed by atoms with van der Waals surface area (Å²) in [5.74, 6) is 0.763. The Morgan fingerprint density at radius 2 is 2.03 bits per heavy atom. The van der Waals surface area contributed by atoms with Gasteiger partial charge in [-0.2, -0.15) is 0 Å². The summed E-state index contributed by atoms with van der Waals surface area (Å²) in [6.45, 7) is 11.2. The predicted octanol–water partition coefficient (Wildman–Crippen LogP) is 4.45. The highest BCUT2D eigenvalue weighted by molar-refractivity contribution is 5.98. The normalized spacial score (nSPS) is 11.8. The summed E-state index contributed by atoms with van der Waals surface area (Å²) < 4.78 is 12.9. The third-order valence-corrected chi connectivity index (χ3v) is 5.14. The van der Waals surface area contributed by atoms with Gasteiger partial charge in [-0.3, -0.25) is 9.20 Å². The number of fused-ring (bicyclic) bond motifs is 1. The first-order chi connectivity index (χ1) is 14.8. The van der Waals surface area contributed by atoms with Gasteiger partial charge < -0.3 is 14.8 Å². The lowest BCUT2D eigenvalue weighted by Crippen LogP contribution is -2.41. The van der Waals surface area contributed by atoms with Crippen LogP contribution >= 0.6 is 0 Å². The minimum atomic E-state index is -0.621. The highest BCUT2D eigenvalue weighted by atomic mass is 16.5. The Balaban J connectivity index is 1.92. The Kier molecular flexibility index (Phi) is 6.95. The highest BCUT2D eigenvalue weighted by Crippen LogP contribution is 2.26. The van der Waals surface area contributed by atoms with E-state index < -0.39 is 5.54 Å². The van der Waals surface area contributed by atoms with Crippen molar-refractivity contribution in [1.29, 1.82) is 0 Å². The Morgan fingerprint density at radius 1 is 1.26 bits per heavy atom. The van der Waals surface area contributed by atoms with E-state index in [1.807, 2.05) is 48.6 Å². The van der Waals surface area contributed by atoms with Crippen molar-refractivity contribution in [3.8, 4) is 5.75 Å². The van der Waals surface area contributed by atoms with Crippen LogP contribution in [0.4, 0.5) is 0 Å². The Hall–Kier alpha value is -2.93. The molecule has 3 aromatic rings. The number of hydrogen-bond acceptors (Lipinski definition) is 5. The summed E-state index contributed by atoms with van der Waals surface area (Å²) in [4.78, 5) is 22.3.